The van der Waals surface area contributed by atoms with Gasteiger partial charge in [-0.25, -0.2) is 0 Å². The summed E-state index contributed by atoms with van der Waals surface area (Å²) in [4.78, 5) is 0. The smallest absolute Gasteiger partial charge is 0.261 e. The van der Waals surface area contributed by atoms with Crippen molar-refractivity contribution in [2.75, 3.05) is 0 Å². The van der Waals surface area contributed by atoms with Crippen LogP contribution in [0.5, 0.6) is 0 Å². The molecular formula is C16H28O3Si2. The lowest BCUT2D eigenvalue weighted by molar-refractivity contribution is 0.178. The molecule has 4 atom stereocenters. The van der Waals surface area contributed by atoms with E-state index in [0.717, 1.165) is 10.8 Å². The SMILES string of the molecule is CC1CCC[Si](C)(c2ccc([Si]3(C)CCCC(C)O3)o2)O1. The fraction of sp³-hybridized carbons (Fsp3) is 0.750. The van der Waals surface area contributed by atoms with E-state index in [4.69, 9.17) is 13.3 Å². The molecule has 0 aromatic carbocycles. The van der Waals surface area contributed by atoms with Crippen molar-refractivity contribution >= 4 is 27.4 Å². The van der Waals surface area contributed by atoms with Crippen molar-refractivity contribution in [1.82, 2.24) is 0 Å². The average Bonchev–Trinajstić information content (AvgIpc) is 2.89. The van der Waals surface area contributed by atoms with Crippen LogP contribution in [0.25, 0.3) is 0 Å². The first kappa shape index (κ1) is 15.5. The molecule has 0 saturated carbocycles. The molecule has 2 aliphatic heterocycles. The molecule has 2 saturated heterocycles. The maximum Gasteiger partial charge on any atom is 0.261 e. The fourth-order valence-corrected chi connectivity index (χ4v) is 10.2. The molecule has 2 fully saturated rings. The summed E-state index contributed by atoms with van der Waals surface area (Å²) in [5.41, 5.74) is 0. The van der Waals surface area contributed by atoms with Gasteiger partial charge in [-0.3, -0.25) is 0 Å². The van der Waals surface area contributed by atoms with Crippen molar-refractivity contribution in [2.45, 2.75) is 76.9 Å². The van der Waals surface area contributed by atoms with Crippen molar-refractivity contribution in [1.29, 1.82) is 0 Å². The molecule has 2 aliphatic rings. The van der Waals surface area contributed by atoms with Crippen LogP contribution in [-0.4, -0.2) is 28.8 Å². The van der Waals surface area contributed by atoms with E-state index >= 15 is 0 Å². The van der Waals surface area contributed by atoms with E-state index in [1.165, 1.54) is 37.8 Å². The highest BCUT2D eigenvalue weighted by atomic mass is 28.4. The predicted octanol–water partition coefficient (Wildman–Crippen LogP) is 3.24. The minimum atomic E-state index is -1.87. The highest BCUT2D eigenvalue weighted by Crippen LogP contribution is 2.28. The summed E-state index contributed by atoms with van der Waals surface area (Å²) >= 11 is 0. The van der Waals surface area contributed by atoms with Gasteiger partial charge >= 0.3 is 0 Å². The molecule has 0 amide bonds. The van der Waals surface area contributed by atoms with Gasteiger partial charge in [0.2, 0.25) is 0 Å². The molecule has 3 nitrogen and oxygen atoms in total. The van der Waals surface area contributed by atoms with E-state index in [1.807, 2.05) is 0 Å². The maximum absolute atomic E-state index is 6.34. The molecule has 3 heterocycles. The number of furan rings is 1. The Bertz CT molecular complexity index is 461. The summed E-state index contributed by atoms with van der Waals surface area (Å²) in [6.45, 7) is 8.99. The number of hydrogen-bond donors (Lipinski definition) is 0. The Morgan fingerprint density at radius 2 is 1.29 bits per heavy atom. The fourth-order valence-electron chi connectivity index (χ4n) is 3.85. The van der Waals surface area contributed by atoms with E-state index < -0.39 is 16.6 Å². The predicted molar refractivity (Wildman–Crippen MR) is 90.4 cm³/mol. The minimum absolute atomic E-state index is 0.378. The molecule has 4 unspecified atom stereocenters. The third-order valence-electron chi connectivity index (χ3n) is 5.10. The van der Waals surface area contributed by atoms with Gasteiger partial charge in [0.1, 0.15) is 10.8 Å². The van der Waals surface area contributed by atoms with E-state index in [0.29, 0.717) is 12.2 Å². The first-order valence-corrected chi connectivity index (χ1v) is 13.6. The Morgan fingerprint density at radius 1 is 0.857 bits per heavy atom. The normalized spacial score (nSPS) is 41.1. The lowest BCUT2D eigenvalue weighted by atomic mass is 10.2. The largest absolute Gasteiger partial charge is 0.470 e. The molecule has 1 aromatic rings. The molecule has 0 radical (unpaired) electrons. The lowest BCUT2D eigenvalue weighted by Crippen LogP contribution is -2.54. The van der Waals surface area contributed by atoms with Crippen LogP contribution in [-0.2, 0) is 8.85 Å². The Hall–Kier alpha value is -0.366. The molecule has 21 heavy (non-hydrogen) atoms. The second-order valence-corrected chi connectivity index (χ2v) is 14.6. The minimum Gasteiger partial charge on any atom is -0.470 e. The summed E-state index contributed by atoms with van der Waals surface area (Å²) in [6.07, 6.45) is 5.65. The van der Waals surface area contributed by atoms with Gasteiger partial charge < -0.3 is 13.3 Å². The zero-order chi connectivity index (χ0) is 15.1. The van der Waals surface area contributed by atoms with Crippen LogP contribution in [0, 0.1) is 0 Å². The van der Waals surface area contributed by atoms with Gasteiger partial charge in [-0.15, -0.1) is 0 Å². The van der Waals surface area contributed by atoms with Crippen molar-refractivity contribution in [2.24, 2.45) is 0 Å². The molecule has 0 N–H and O–H groups in total. The Morgan fingerprint density at radius 3 is 1.67 bits per heavy atom. The highest BCUT2D eigenvalue weighted by Gasteiger charge is 2.43. The van der Waals surface area contributed by atoms with E-state index in [9.17, 15) is 0 Å². The zero-order valence-corrected chi connectivity index (χ0v) is 15.8. The third-order valence-corrected chi connectivity index (χ3v) is 12.2. The van der Waals surface area contributed by atoms with Crippen LogP contribution in [0.3, 0.4) is 0 Å². The summed E-state index contributed by atoms with van der Waals surface area (Å²) in [7, 11) is -3.74. The van der Waals surface area contributed by atoms with E-state index in [2.05, 4.69) is 39.1 Å². The topological polar surface area (TPSA) is 31.6 Å². The van der Waals surface area contributed by atoms with Crippen molar-refractivity contribution in [3.05, 3.63) is 12.1 Å². The molecule has 5 heteroatoms. The second kappa shape index (κ2) is 5.68. The van der Waals surface area contributed by atoms with Crippen LogP contribution < -0.4 is 10.8 Å². The van der Waals surface area contributed by atoms with Crippen LogP contribution in [0.15, 0.2) is 16.5 Å². The van der Waals surface area contributed by atoms with Crippen LogP contribution in [0.1, 0.15) is 39.5 Å². The Labute approximate surface area is 130 Å². The summed E-state index contributed by atoms with van der Waals surface area (Å²) in [5.74, 6) is 0. The van der Waals surface area contributed by atoms with Crippen LogP contribution in [0.4, 0.5) is 0 Å². The first-order chi connectivity index (χ1) is 9.91. The monoisotopic (exact) mass is 324 g/mol. The zero-order valence-electron chi connectivity index (χ0n) is 13.8. The van der Waals surface area contributed by atoms with Gasteiger partial charge in [0, 0.05) is 12.2 Å². The summed E-state index contributed by atoms with van der Waals surface area (Å²) < 4.78 is 19.0. The molecule has 1 aromatic heterocycles. The molecule has 0 bridgehead atoms. The lowest BCUT2D eigenvalue weighted by Gasteiger charge is -2.35. The average molecular weight is 325 g/mol. The molecule has 0 spiro atoms. The van der Waals surface area contributed by atoms with Gasteiger partial charge in [-0.2, -0.15) is 0 Å². The van der Waals surface area contributed by atoms with Gasteiger partial charge in [0.15, 0.2) is 0 Å². The Balaban J connectivity index is 1.82. The van der Waals surface area contributed by atoms with Gasteiger partial charge in [0.25, 0.3) is 16.6 Å². The van der Waals surface area contributed by atoms with E-state index in [1.54, 1.807) is 0 Å². The van der Waals surface area contributed by atoms with E-state index in [-0.39, 0.29) is 0 Å². The van der Waals surface area contributed by atoms with Crippen molar-refractivity contribution in [3.63, 3.8) is 0 Å². The van der Waals surface area contributed by atoms with Gasteiger partial charge in [-0.05, 0) is 64.0 Å². The third kappa shape index (κ3) is 3.06. The first-order valence-electron chi connectivity index (χ1n) is 8.38. The molecule has 118 valence electrons. The highest BCUT2D eigenvalue weighted by molar-refractivity contribution is 6.87. The number of rotatable bonds is 2. The number of hydrogen-bond acceptors (Lipinski definition) is 3. The quantitative estimate of drug-likeness (QED) is 0.783. The molecule has 3 rings (SSSR count). The molecular weight excluding hydrogens is 296 g/mol. The molecule has 0 aliphatic carbocycles. The summed E-state index contributed by atoms with van der Waals surface area (Å²) in [6, 6.07) is 6.72. The van der Waals surface area contributed by atoms with Gasteiger partial charge in [0.05, 0.1) is 0 Å². The standard InChI is InChI=1S/C16H28O3Si2/c1-13-7-5-11-20(3,18-13)15-9-10-16(17-15)21(4)12-6-8-14(2)19-21/h9-10,13-14H,5-8,11-12H2,1-4H3. The van der Waals surface area contributed by atoms with Crippen LogP contribution >= 0.6 is 0 Å². The van der Waals surface area contributed by atoms with Crippen molar-refractivity contribution < 1.29 is 13.3 Å². The Kier molecular flexibility index (Phi) is 4.20. The maximum atomic E-state index is 6.34. The van der Waals surface area contributed by atoms with Crippen LogP contribution in [0.2, 0.25) is 25.2 Å². The van der Waals surface area contributed by atoms with Gasteiger partial charge in [-0.1, -0.05) is 12.8 Å². The summed E-state index contributed by atoms with van der Waals surface area (Å²) in [5, 5.41) is 2.25. The second-order valence-electron chi connectivity index (χ2n) is 7.27. The van der Waals surface area contributed by atoms with Crippen molar-refractivity contribution in [3.8, 4) is 0 Å².